The molecule has 1 atom stereocenters. The van der Waals surface area contributed by atoms with Crippen molar-refractivity contribution in [2.75, 3.05) is 26.2 Å². The third kappa shape index (κ3) is 3.94. The highest BCUT2D eigenvalue weighted by molar-refractivity contribution is 6.05. The minimum absolute atomic E-state index is 0.0230. The molecule has 3 aliphatic heterocycles. The summed E-state index contributed by atoms with van der Waals surface area (Å²) < 4.78 is 13.0. The molecule has 4 rings (SSSR count). The number of amides is 3. The maximum Gasteiger partial charge on any atom is 0.253 e. The van der Waals surface area contributed by atoms with E-state index in [0.717, 1.165) is 51.9 Å². The summed E-state index contributed by atoms with van der Waals surface area (Å²) >= 11 is 0. The standard InChI is InChI=1S/C21H26FN3O3/c22-17-3-1-16(2-4-17)21(28)25-11-7-15(8-12-25)14-5-9-24(10-6-14)18-13-19(26)23-20(18)27/h1-4,14-15,18H,5-13H2,(H,23,26,27)/t18-/m0/s1. The van der Waals surface area contributed by atoms with Gasteiger partial charge in [0.1, 0.15) is 5.82 Å². The average Bonchev–Trinajstić information content (AvgIpc) is 3.06. The molecule has 0 aliphatic carbocycles. The number of halogens is 1. The Hall–Kier alpha value is -2.28. The van der Waals surface area contributed by atoms with Crippen LogP contribution in [0.1, 0.15) is 42.5 Å². The van der Waals surface area contributed by atoms with Gasteiger partial charge in [-0.3, -0.25) is 24.6 Å². The summed E-state index contributed by atoms with van der Waals surface area (Å²) in [6.45, 7) is 3.18. The Bertz CT molecular complexity index is 751. The van der Waals surface area contributed by atoms with E-state index in [4.69, 9.17) is 0 Å². The van der Waals surface area contributed by atoms with Gasteiger partial charge in [-0.1, -0.05) is 0 Å². The van der Waals surface area contributed by atoms with E-state index in [2.05, 4.69) is 10.2 Å². The number of nitrogens with zero attached hydrogens (tertiary/aromatic N) is 2. The van der Waals surface area contributed by atoms with Crippen molar-refractivity contribution in [3.63, 3.8) is 0 Å². The lowest BCUT2D eigenvalue weighted by atomic mass is 9.78. The second-order valence-corrected chi connectivity index (χ2v) is 8.14. The van der Waals surface area contributed by atoms with Crippen LogP contribution in [0.2, 0.25) is 0 Å². The van der Waals surface area contributed by atoms with E-state index in [-0.39, 0.29) is 36.0 Å². The summed E-state index contributed by atoms with van der Waals surface area (Å²) in [5.74, 6) is 0.524. The number of hydrogen-bond donors (Lipinski definition) is 1. The average molecular weight is 387 g/mol. The van der Waals surface area contributed by atoms with Crippen molar-refractivity contribution in [1.82, 2.24) is 15.1 Å². The molecule has 6 nitrogen and oxygen atoms in total. The largest absolute Gasteiger partial charge is 0.339 e. The zero-order chi connectivity index (χ0) is 19.7. The molecule has 28 heavy (non-hydrogen) atoms. The molecule has 0 spiro atoms. The van der Waals surface area contributed by atoms with Crippen molar-refractivity contribution < 1.29 is 18.8 Å². The Morgan fingerprint density at radius 1 is 0.929 bits per heavy atom. The topological polar surface area (TPSA) is 69.7 Å². The van der Waals surface area contributed by atoms with E-state index < -0.39 is 0 Å². The predicted octanol–water partition coefficient (Wildman–Crippen LogP) is 1.80. The van der Waals surface area contributed by atoms with Gasteiger partial charge in [-0.15, -0.1) is 0 Å². The van der Waals surface area contributed by atoms with E-state index in [1.54, 1.807) is 12.1 Å². The third-order valence-electron chi connectivity index (χ3n) is 6.54. The Morgan fingerprint density at radius 2 is 1.50 bits per heavy atom. The van der Waals surface area contributed by atoms with E-state index in [1.165, 1.54) is 12.1 Å². The van der Waals surface area contributed by atoms with Crippen LogP contribution < -0.4 is 5.32 Å². The van der Waals surface area contributed by atoms with Gasteiger partial charge in [0, 0.05) is 18.7 Å². The summed E-state index contributed by atoms with van der Waals surface area (Å²) in [5, 5.41) is 2.39. The number of nitrogens with one attached hydrogen (secondary N) is 1. The van der Waals surface area contributed by atoms with Crippen molar-refractivity contribution >= 4 is 17.7 Å². The molecule has 0 unspecified atom stereocenters. The fraction of sp³-hybridized carbons (Fsp3) is 0.571. The number of likely N-dealkylation sites (tertiary alicyclic amines) is 2. The van der Waals surface area contributed by atoms with Gasteiger partial charge in [0.05, 0.1) is 12.5 Å². The van der Waals surface area contributed by atoms with Crippen molar-refractivity contribution in [3.8, 4) is 0 Å². The van der Waals surface area contributed by atoms with Crippen molar-refractivity contribution in [2.45, 2.75) is 38.1 Å². The first kappa shape index (κ1) is 19.1. The lowest BCUT2D eigenvalue weighted by Gasteiger charge is -2.41. The Kier molecular flexibility index (Phi) is 5.44. The SMILES string of the molecule is O=C1C[C@H](N2CCC(C3CCN(C(=O)c4ccc(F)cc4)CC3)CC2)C(=O)N1. The number of piperidine rings is 2. The molecular formula is C21H26FN3O3. The van der Waals surface area contributed by atoms with Crippen molar-refractivity contribution in [3.05, 3.63) is 35.6 Å². The molecule has 3 amide bonds. The first-order valence-corrected chi connectivity index (χ1v) is 10.1. The van der Waals surface area contributed by atoms with Gasteiger partial charge in [-0.2, -0.15) is 0 Å². The first-order valence-electron chi connectivity index (χ1n) is 10.1. The maximum absolute atomic E-state index is 13.0. The number of carbonyl (C=O) groups is 3. The highest BCUT2D eigenvalue weighted by atomic mass is 19.1. The highest BCUT2D eigenvalue weighted by Gasteiger charge is 2.38. The van der Waals surface area contributed by atoms with Crippen LogP contribution in [0.15, 0.2) is 24.3 Å². The number of benzene rings is 1. The van der Waals surface area contributed by atoms with Gasteiger partial charge in [-0.05, 0) is 74.9 Å². The number of carbonyl (C=O) groups excluding carboxylic acids is 3. The molecule has 1 aromatic rings. The monoisotopic (exact) mass is 387 g/mol. The molecule has 0 radical (unpaired) electrons. The van der Waals surface area contributed by atoms with Gasteiger partial charge >= 0.3 is 0 Å². The van der Waals surface area contributed by atoms with Gasteiger partial charge in [0.2, 0.25) is 11.8 Å². The normalized spacial score (nSPS) is 25.2. The molecule has 1 N–H and O–H groups in total. The number of imide groups is 1. The van der Waals surface area contributed by atoms with Crippen LogP contribution in [0.25, 0.3) is 0 Å². The summed E-state index contributed by atoms with van der Waals surface area (Å²) in [6.07, 6.45) is 4.33. The molecule has 0 aromatic heterocycles. The zero-order valence-corrected chi connectivity index (χ0v) is 15.9. The summed E-state index contributed by atoms with van der Waals surface area (Å²) in [7, 11) is 0. The zero-order valence-electron chi connectivity index (χ0n) is 15.9. The van der Waals surface area contributed by atoms with Gasteiger partial charge in [-0.25, -0.2) is 4.39 Å². The minimum atomic E-state index is -0.332. The molecule has 3 fully saturated rings. The second kappa shape index (κ2) is 7.99. The predicted molar refractivity (Wildman–Crippen MR) is 101 cm³/mol. The molecule has 3 aliphatic rings. The lowest BCUT2D eigenvalue weighted by molar-refractivity contribution is -0.126. The Morgan fingerprint density at radius 3 is 2.04 bits per heavy atom. The molecule has 7 heteroatoms. The van der Waals surface area contributed by atoms with Crippen LogP contribution in [0, 0.1) is 17.7 Å². The van der Waals surface area contributed by atoms with Crippen LogP contribution in [0.4, 0.5) is 4.39 Å². The number of rotatable bonds is 3. The number of hydrogen-bond acceptors (Lipinski definition) is 4. The van der Waals surface area contributed by atoms with Crippen LogP contribution in [0.3, 0.4) is 0 Å². The minimum Gasteiger partial charge on any atom is -0.339 e. The molecule has 3 saturated heterocycles. The van der Waals surface area contributed by atoms with E-state index >= 15 is 0 Å². The fourth-order valence-electron chi connectivity index (χ4n) is 4.89. The van der Waals surface area contributed by atoms with E-state index in [0.29, 0.717) is 17.4 Å². The van der Waals surface area contributed by atoms with Gasteiger partial charge in [0.25, 0.3) is 5.91 Å². The van der Waals surface area contributed by atoms with E-state index in [1.807, 2.05) is 4.90 Å². The highest BCUT2D eigenvalue weighted by Crippen LogP contribution is 2.34. The van der Waals surface area contributed by atoms with Crippen LogP contribution >= 0.6 is 0 Å². The molecule has 150 valence electrons. The molecule has 3 heterocycles. The summed E-state index contributed by atoms with van der Waals surface area (Å²) in [4.78, 5) is 39.9. The molecule has 0 saturated carbocycles. The van der Waals surface area contributed by atoms with Crippen molar-refractivity contribution in [1.29, 1.82) is 0 Å². The summed E-state index contributed by atoms with van der Waals surface area (Å²) in [5.41, 5.74) is 0.539. The first-order chi connectivity index (χ1) is 13.5. The van der Waals surface area contributed by atoms with E-state index in [9.17, 15) is 18.8 Å². The van der Waals surface area contributed by atoms with Crippen LogP contribution in [-0.2, 0) is 9.59 Å². The molecule has 1 aromatic carbocycles. The van der Waals surface area contributed by atoms with Gasteiger partial charge < -0.3 is 4.90 Å². The fourth-order valence-corrected chi connectivity index (χ4v) is 4.89. The lowest BCUT2D eigenvalue weighted by Crippen LogP contribution is -2.47. The van der Waals surface area contributed by atoms with Crippen molar-refractivity contribution in [2.24, 2.45) is 11.8 Å². The maximum atomic E-state index is 13.0. The molecule has 0 bridgehead atoms. The smallest absolute Gasteiger partial charge is 0.253 e. The molecular weight excluding hydrogens is 361 g/mol. The Labute approximate surface area is 164 Å². The summed E-state index contributed by atoms with van der Waals surface area (Å²) in [6, 6.07) is 5.45. The van der Waals surface area contributed by atoms with Crippen LogP contribution in [0.5, 0.6) is 0 Å². The quantitative estimate of drug-likeness (QED) is 0.803. The third-order valence-corrected chi connectivity index (χ3v) is 6.54. The van der Waals surface area contributed by atoms with Gasteiger partial charge in [0.15, 0.2) is 0 Å². The second-order valence-electron chi connectivity index (χ2n) is 8.14. The van der Waals surface area contributed by atoms with Crippen LogP contribution in [-0.4, -0.2) is 59.7 Å². The Balaban J connectivity index is 1.26.